The molecular weight excluding hydrogens is 369 g/mol. The molecule has 0 aliphatic carbocycles. The first-order chi connectivity index (χ1) is 13.0. The summed E-state index contributed by atoms with van der Waals surface area (Å²) in [5, 5.41) is 0. The third-order valence-corrected chi connectivity index (χ3v) is 4.93. The molecule has 5 nitrogen and oxygen atoms in total. The quantitative estimate of drug-likeness (QED) is 0.420. The normalized spacial score (nSPS) is 10.7. The number of ketones is 1. The fourth-order valence-corrected chi connectivity index (χ4v) is 3.30. The Morgan fingerprint density at radius 3 is 2.15 bits per heavy atom. The number of Topliss-reactive ketones (excluding diaryl/α,β-unsaturated/α-hetero) is 1. The number of halogens is 1. The van der Waals surface area contributed by atoms with Gasteiger partial charge in [0.15, 0.2) is 5.78 Å². The first kappa shape index (κ1) is 19.0. The summed E-state index contributed by atoms with van der Waals surface area (Å²) in [5.41, 5.74) is 0.306. The molecule has 3 aromatic rings. The number of furan rings is 2. The number of carbonyl (C=O) groups excluding carboxylic acids is 2. The standard InChI is InChI=1S/C20H18FNO4S/c1-14(23)15-6-7-19(18(21)10-15)27-13-20(24)22(11-16-4-2-8-25-16)12-17-5-3-9-26-17/h2-10H,11-13H2,1H3. The van der Waals surface area contributed by atoms with E-state index in [-0.39, 0.29) is 17.4 Å². The van der Waals surface area contributed by atoms with Crippen LogP contribution in [0.1, 0.15) is 28.8 Å². The van der Waals surface area contributed by atoms with Crippen molar-refractivity contribution in [2.45, 2.75) is 24.9 Å². The zero-order valence-electron chi connectivity index (χ0n) is 14.7. The second-order valence-corrected chi connectivity index (χ2v) is 6.92. The lowest BCUT2D eigenvalue weighted by Gasteiger charge is -2.20. The Morgan fingerprint density at radius 1 is 1.04 bits per heavy atom. The number of hydrogen-bond acceptors (Lipinski definition) is 5. The third-order valence-electron chi connectivity index (χ3n) is 3.90. The Hall–Kier alpha value is -2.80. The second kappa shape index (κ2) is 8.73. The Bertz CT molecular complexity index is 870. The average molecular weight is 387 g/mol. The molecule has 0 unspecified atom stereocenters. The molecule has 1 aromatic carbocycles. The highest BCUT2D eigenvalue weighted by molar-refractivity contribution is 8.00. The third kappa shape index (κ3) is 5.10. The van der Waals surface area contributed by atoms with Gasteiger partial charge in [-0.15, -0.1) is 11.8 Å². The highest BCUT2D eigenvalue weighted by Crippen LogP contribution is 2.24. The van der Waals surface area contributed by atoms with Crippen LogP contribution in [0.4, 0.5) is 4.39 Å². The van der Waals surface area contributed by atoms with Gasteiger partial charge in [-0.1, -0.05) is 6.07 Å². The second-order valence-electron chi connectivity index (χ2n) is 5.90. The van der Waals surface area contributed by atoms with Crippen LogP contribution in [0.3, 0.4) is 0 Å². The summed E-state index contributed by atoms with van der Waals surface area (Å²) >= 11 is 1.09. The Balaban J connectivity index is 1.67. The summed E-state index contributed by atoms with van der Waals surface area (Å²) in [5.74, 6) is 0.461. The number of amides is 1. The number of benzene rings is 1. The molecule has 0 saturated carbocycles. The van der Waals surface area contributed by atoms with Crippen LogP contribution in [0.5, 0.6) is 0 Å². The van der Waals surface area contributed by atoms with Crippen LogP contribution in [-0.4, -0.2) is 22.3 Å². The predicted octanol–water partition coefficient (Wildman–Crippen LogP) is 4.54. The van der Waals surface area contributed by atoms with Gasteiger partial charge in [-0.25, -0.2) is 4.39 Å². The van der Waals surface area contributed by atoms with Crippen molar-refractivity contribution in [2.75, 3.05) is 5.75 Å². The van der Waals surface area contributed by atoms with Crippen molar-refractivity contribution in [3.63, 3.8) is 0 Å². The summed E-state index contributed by atoms with van der Waals surface area (Å²) in [4.78, 5) is 25.9. The van der Waals surface area contributed by atoms with Crippen LogP contribution in [0.15, 0.2) is 68.7 Å². The fourth-order valence-electron chi connectivity index (χ4n) is 2.48. The van der Waals surface area contributed by atoms with E-state index in [0.29, 0.717) is 35.1 Å². The number of nitrogens with zero attached hydrogens (tertiary/aromatic N) is 1. The Kier molecular flexibility index (Phi) is 6.13. The van der Waals surface area contributed by atoms with Crippen molar-refractivity contribution < 1.29 is 22.8 Å². The van der Waals surface area contributed by atoms with E-state index in [4.69, 9.17) is 8.83 Å². The van der Waals surface area contributed by atoms with Crippen LogP contribution >= 0.6 is 11.8 Å². The topological polar surface area (TPSA) is 63.7 Å². The van der Waals surface area contributed by atoms with E-state index in [1.165, 1.54) is 19.1 Å². The van der Waals surface area contributed by atoms with Crippen LogP contribution in [0.25, 0.3) is 0 Å². The number of carbonyl (C=O) groups is 2. The SMILES string of the molecule is CC(=O)c1ccc(SCC(=O)N(Cc2ccco2)Cc2ccco2)c(F)c1. The zero-order chi connectivity index (χ0) is 19.2. The first-order valence-electron chi connectivity index (χ1n) is 8.29. The zero-order valence-corrected chi connectivity index (χ0v) is 15.5. The molecule has 0 bridgehead atoms. The van der Waals surface area contributed by atoms with Crippen LogP contribution < -0.4 is 0 Å². The van der Waals surface area contributed by atoms with Crippen molar-refractivity contribution in [2.24, 2.45) is 0 Å². The maximum absolute atomic E-state index is 14.1. The van der Waals surface area contributed by atoms with E-state index < -0.39 is 5.82 Å². The van der Waals surface area contributed by atoms with E-state index in [0.717, 1.165) is 11.8 Å². The largest absolute Gasteiger partial charge is 0.467 e. The Morgan fingerprint density at radius 2 is 1.67 bits per heavy atom. The lowest BCUT2D eigenvalue weighted by Crippen LogP contribution is -2.31. The predicted molar refractivity (Wildman–Crippen MR) is 98.8 cm³/mol. The van der Waals surface area contributed by atoms with Gasteiger partial charge in [0.05, 0.1) is 31.4 Å². The van der Waals surface area contributed by atoms with Gasteiger partial charge < -0.3 is 13.7 Å². The minimum absolute atomic E-state index is 0.0533. The van der Waals surface area contributed by atoms with Gasteiger partial charge in [0.25, 0.3) is 0 Å². The van der Waals surface area contributed by atoms with Crippen LogP contribution in [-0.2, 0) is 17.9 Å². The van der Waals surface area contributed by atoms with Crippen molar-refractivity contribution >= 4 is 23.5 Å². The molecule has 0 aliphatic rings. The molecule has 1 amide bonds. The van der Waals surface area contributed by atoms with Gasteiger partial charge in [0.1, 0.15) is 17.3 Å². The van der Waals surface area contributed by atoms with E-state index in [1.54, 1.807) is 47.8 Å². The van der Waals surface area contributed by atoms with E-state index >= 15 is 0 Å². The van der Waals surface area contributed by atoms with Crippen molar-refractivity contribution in [3.05, 3.63) is 77.9 Å². The van der Waals surface area contributed by atoms with Crippen molar-refractivity contribution in [1.29, 1.82) is 0 Å². The van der Waals surface area contributed by atoms with Gasteiger partial charge >= 0.3 is 0 Å². The van der Waals surface area contributed by atoms with Crippen molar-refractivity contribution in [1.82, 2.24) is 4.90 Å². The molecule has 0 fully saturated rings. The molecule has 0 atom stereocenters. The first-order valence-corrected chi connectivity index (χ1v) is 9.27. The molecule has 0 saturated heterocycles. The Labute approximate surface area is 160 Å². The lowest BCUT2D eigenvalue weighted by atomic mass is 10.1. The van der Waals surface area contributed by atoms with E-state index in [2.05, 4.69) is 0 Å². The fraction of sp³-hybridized carbons (Fsp3) is 0.200. The van der Waals surface area contributed by atoms with Crippen LogP contribution in [0, 0.1) is 5.82 Å². The van der Waals surface area contributed by atoms with Gasteiger partial charge in [-0.2, -0.15) is 0 Å². The molecule has 7 heteroatoms. The minimum atomic E-state index is -0.510. The molecular formula is C20H18FNO4S. The molecule has 140 valence electrons. The summed E-state index contributed by atoms with van der Waals surface area (Å²) in [6.07, 6.45) is 3.09. The molecule has 27 heavy (non-hydrogen) atoms. The van der Waals surface area contributed by atoms with Crippen molar-refractivity contribution in [3.8, 4) is 0 Å². The molecule has 2 heterocycles. The van der Waals surface area contributed by atoms with E-state index in [9.17, 15) is 14.0 Å². The van der Waals surface area contributed by atoms with E-state index in [1.807, 2.05) is 0 Å². The van der Waals surface area contributed by atoms with Gasteiger partial charge in [0, 0.05) is 10.5 Å². The molecule has 0 radical (unpaired) electrons. The van der Waals surface area contributed by atoms with Crippen LogP contribution in [0.2, 0.25) is 0 Å². The maximum Gasteiger partial charge on any atom is 0.233 e. The molecule has 0 N–H and O–H groups in total. The summed E-state index contributed by atoms with van der Waals surface area (Å²) < 4.78 is 24.8. The molecule has 0 aliphatic heterocycles. The van der Waals surface area contributed by atoms with Gasteiger partial charge in [-0.3, -0.25) is 9.59 Å². The number of rotatable bonds is 8. The molecule has 2 aromatic heterocycles. The van der Waals surface area contributed by atoms with Gasteiger partial charge in [-0.05, 0) is 43.3 Å². The molecule has 3 rings (SSSR count). The average Bonchev–Trinajstić information content (AvgIpc) is 3.33. The summed E-state index contributed by atoms with van der Waals surface area (Å²) in [6.45, 7) is 1.96. The van der Waals surface area contributed by atoms with Gasteiger partial charge in [0.2, 0.25) is 5.91 Å². The number of hydrogen-bond donors (Lipinski definition) is 0. The monoisotopic (exact) mass is 387 g/mol. The molecule has 0 spiro atoms. The summed E-state index contributed by atoms with van der Waals surface area (Å²) in [7, 11) is 0. The maximum atomic E-state index is 14.1. The highest BCUT2D eigenvalue weighted by atomic mass is 32.2. The number of thioether (sulfide) groups is 1. The summed E-state index contributed by atoms with van der Waals surface area (Å²) in [6, 6.07) is 11.4. The smallest absolute Gasteiger partial charge is 0.233 e. The minimum Gasteiger partial charge on any atom is -0.467 e. The lowest BCUT2D eigenvalue weighted by molar-refractivity contribution is -0.130. The highest BCUT2D eigenvalue weighted by Gasteiger charge is 2.18.